The zero-order chi connectivity index (χ0) is 14.8. The number of ether oxygens (including phenoxy) is 1. The van der Waals surface area contributed by atoms with Crippen molar-refractivity contribution in [1.82, 2.24) is 14.3 Å². The van der Waals surface area contributed by atoms with Crippen LogP contribution in [0.25, 0.3) is 0 Å². The minimum absolute atomic E-state index is 0.0696. The molecule has 1 aliphatic rings. The Kier molecular flexibility index (Phi) is 4.54. The monoisotopic (exact) mass is 303 g/mol. The summed E-state index contributed by atoms with van der Waals surface area (Å²) >= 11 is 0. The van der Waals surface area contributed by atoms with E-state index in [1.54, 1.807) is 13.8 Å². The molecule has 1 aromatic heterocycles. The summed E-state index contributed by atoms with van der Waals surface area (Å²) in [4.78, 5) is 7.44. The van der Waals surface area contributed by atoms with Gasteiger partial charge in [-0.15, -0.1) is 0 Å². The van der Waals surface area contributed by atoms with Crippen molar-refractivity contribution in [2.24, 2.45) is 0 Å². The molecule has 0 spiro atoms. The number of aromatic nitrogens is 2. The maximum absolute atomic E-state index is 12.7. The van der Waals surface area contributed by atoms with E-state index in [0.29, 0.717) is 6.54 Å². The van der Waals surface area contributed by atoms with Crippen LogP contribution < -0.4 is 4.74 Å². The van der Waals surface area contributed by atoms with Crippen LogP contribution in [0.3, 0.4) is 0 Å². The number of nitrogens with zero attached hydrogens (tertiary/aromatic N) is 3. The van der Waals surface area contributed by atoms with Crippen LogP contribution in [0, 0.1) is 5.82 Å². The van der Waals surface area contributed by atoms with E-state index in [1.807, 2.05) is 0 Å². The topological polar surface area (TPSA) is 72.4 Å². The predicted molar refractivity (Wildman–Crippen MR) is 71.3 cm³/mol. The smallest absolute Gasteiger partial charge is 0.316 e. The fourth-order valence-corrected chi connectivity index (χ4v) is 3.39. The van der Waals surface area contributed by atoms with Crippen molar-refractivity contribution in [2.75, 3.05) is 13.1 Å². The van der Waals surface area contributed by atoms with E-state index in [0.717, 1.165) is 25.2 Å². The molecular formula is C12H18FN3O3S. The van der Waals surface area contributed by atoms with Crippen LogP contribution >= 0.6 is 0 Å². The Morgan fingerprint density at radius 2 is 2.05 bits per heavy atom. The van der Waals surface area contributed by atoms with Gasteiger partial charge >= 0.3 is 6.01 Å². The minimum atomic E-state index is -3.28. The Hall–Kier alpha value is -1.28. The van der Waals surface area contributed by atoms with Gasteiger partial charge < -0.3 is 4.74 Å². The standard InChI is InChI=1S/C12H18FN3O3S/c1-9(2)20(17,18)16-5-3-4-11(8-16)19-12-14-6-10(13)7-15-12/h6-7,9,11H,3-5,8H2,1-2H3. The van der Waals surface area contributed by atoms with E-state index >= 15 is 0 Å². The molecule has 1 unspecified atom stereocenters. The first-order chi connectivity index (χ1) is 9.39. The van der Waals surface area contributed by atoms with Crippen LogP contribution in [-0.4, -0.2) is 47.1 Å². The van der Waals surface area contributed by atoms with Gasteiger partial charge in [0.15, 0.2) is 5.82 Å². The van der Waals surface area contributed by atoms with Crippen molar-refractivity contribution in [3.8, 4) is 6.01 Å². The van der Waals surface area contributed by atoms with Crippen LogP contribution in [0.1, 0.15) is 26.7 Å². The molecule has 0 bridgehead atoms. The maximum atomic E-state index is 12.7. The summed E-state index contributed by atoms with van der Waals surface area (Å²) in [6.45, 7) is 4.09. The van der Waals surface area contributed by atoms with Gasteiger partial charge in [0.1, 0.15) is 6.10 Å². The van der Waals surface area contributed by atoms with Gasteiger partial charge in [-0.3, -0.25) is 0 Å². The quantitative estimate of drug-likeness (QED) is 0.835. The molecule has 1 aliphatic heterocycles. The average Bonchev–Trinajstić information content (AvgIpc) is 2.41. The van der Waals surface area contributed by atoms with Gasteiger partial charge in [-0.2, -0.15) is 4.31 Å². The molecular weight excluding hydrogens is 285 g/mol. The Morgan fingerprint density at radius 1 is 1.40 bits per heavy atom. The van der Waals surface area contributed by atoms with Gasteiger partial charge in [-0.05, 0) is 26.7 Å². The molecule has 6 nitrogen and oxygen atoms in total. The van der Waals surface area contributed by atoms with Gasteiger partial charge in [-0.25, -0.2) is 22.8 Å². The van der Waals surface area contributed by atoms with Crippen LogP contribution in [-0.2, 0) is 10.0 Å². The van der Waals surface area contributed by atoms with Gasteiger partial charge in [-0.1, -0.05) is 0 Å². The van der Waals surface area contributed by atoms with Gasteiger partial charge in [0, 0.05) is 6.54 Å². The maximum Gasteiger partial charge on any atom is 0.316 e. The first-order valence-electron chi connectivity index (χ1n) is 6.53. The summed E-state index contributed by atoms with van der Waals surface area (Å²) in [6, 6.07) is 0.0696. The van der Waals surface area contributed by atoms with Crippen LogP contribution in [0.4, 0.5) is 4.39 Å². The largest absolute Gasteiger partial charge is 0.459 e. The van der Waals surface area contributed by atoms with Crippen molar-refractivity contribution in [2.45, 2.75) is 38.0 Å². The molecule has 2 heterocycles. The summed E-state index contributed by atoms with van der Waals surface area (Å²) in [7, 11) is -3.28. The van der Waals surface area contributed by atoms with Crippen molar-refractivity contribution in [3.63, 3.8) is 0 Å². The lowest BCUT2D eigenvalue weighted by atomic mass is 10.1. The first-order valence-corrected chi connectivity index (χ1v) is 8.03. The summed E-state index contributed by atoms with van der Waals surface area (Å²) in [6.07, 6.45) is 3.19. The average molecular weight is 303 g/mol. The third kappa shape index (κ3) is 3.43. The molecule has 20 heavy (non-hydrogen) atoms. The van der Waals surface area contributed by atoms with E-state index < -0.39 is 21.1 Å². The predicted octanol–water partition coefficient (Wildman–Crippen LogP) is 1.20. The molecule has 0 radical (unpaired) electrons. The molecule has 2 rings (SSSR count). The molecule has 1 fully saturated rings. The third-order valence-electron chi connectivity index (χ3n) is 3.17. The summed E-state index contributed by atoms with van der Waals surface area (Å²) < 4.78 is 43.9. The van der Waals surface area contributed by atoms with E-state index in [1.165, 1.54) is 4.31 Å². The fraction of sp³-hybridized carbons (Fsp3) is 0.667. The van der Waals surface area contributed by atoms with Crippen molar-refractivity contribution >= 4 is 10.0 Å². The SMILES string of the molecule is CC(C)S(=O)(=O)N1CCCC(Oc2ncc(F)cn2)C1. The van der Waals surface area contributed by atoms with Crippen LogP contribution in [0.2, 0.25) is 0 Å². The third-order valence-corrected chi connectivity index (χ3v) is 5.41. The number of rotatable bonds is 4. The number of sulfonamides is 1. The lowest BCUT2D eigenvalue weighted by Gasteiger charge is -2.32. The normalized spacial score (nSPS) is 21.1. The van der Waals surface area contributed by atoms with E-state index in [4.69, 9.17) is 4.74 Å². The molecule has 0 aromatic carbocycles. The van der Waals surface area contributed by atoms with Crippen molar-refractivity contribution in [1.29, 1.82) is 0 Å². The zero-order valence-corrected chi connectivity index (χ0v) is 12.3. The summed E-state index contributed by atoms with van der Waals surface area (Å²) in [5, 5.41) is -0.455. The second kappa shape index (κ2) is 6.01. The Bertz CT molecular complexity index is 548. The second-order valence-electron chi connectivity index (χ2n) is 5.02. The van der Waals surface area contributed by atoms with Crippen LogP contribution in [0.5, 0.6) is 6.01 Å². The molecule has 1 atom stereocenters. The number of hydrogen-bond donors (Lipinski definition) is 0. The zero-order valence-electron chi connectivity index (χ0n) is 11.5. The highest BCUT2D eigenvalue weighted by molar-refractivity contribution is 7.89. The van der Waals surface area contributed by atoms with E-state index in [9.17, 15) is 12.8 Å². The lowest BCUT2D eigenvalue weighted by Crippen LogP contribution is -2.46. The number of halogens is 1. The van der Waals surface area contributed by atoms with E-state index in [-0.39, 0.29) is 18.7 Å². The number of hydrogen-bond acceptors (Lipinski definition) is 5. The highest BCUT2D eigenvalue weighted by atomic mass is 32.2. The summed E-state index contributed by atoms with van der Waals surface area (Å²) in [5.74, 6) is -0.537. The van der Waals surface area contributed by atoms with Crippen molar-refractivity contribution in [3.05, 3.63) is 18.2 Å². The van der Waals surface area contributed by atoms with Gasteiger partial charge in [0.2, 0.25) is 10.0 Å². The Balaban J connectivity index is 2.02. The Morgan fingerprint density at radius 3 is 2.65 bits per heavy atom. The first kappa shape index (κ1) is 15.1. The Labute approximate surface area is 118 Å². The highest BCUT2D eigenvalue weighted by Gasteiger charge is 2.32. The van der Waals surface area contributed by atoms with Crippen LogP contribution in [0.15, 0.2) is 12.4 Å². The molecule has 0 N–H and O–H groups in total. The van der Waals surface area contributed by atoms with Crippen molar-refractivity contribution < 1.29 is 17.5 Å². The molecule has 0 saturated carbocycles. The van der Waals surface area contributed by atoms with Gasteiger partial charge in [0.05, 0.1) is 24.2 Å². The molecule has 112 valence electrons. The van der Waals surface area contributed by atoms with E-state index in [2.05, 4.69) is 9.97 Å². The fourth-order valence-electron chi connectivity index (χ4n) is 2.04. The molecule has 0 aliphatic carbocycles. The summed E-state index contributed by atoms with van der Waals surface area (Å²) in [5.41, 5.74) is 0. The second-order valence-corrected chi connectivity index (χ2v) is 7.51. The molecule has 1 aromatic rings. The molecule has 0 amide bonds. The molecule has 1 saturated heterocycles. The van der Waals surface area contributed by atoms with Gasteiger partial charge in [0.25, 0.3) is 0 Å². The molecule has 8 heteroatoms. The number of piperidine rings is 1. The minimum Gasteiger partial charge on any atom is -0.459 e. The lowest BCUT2D eigenvalue weighted by molar-refractivity contribution is 0.118. The highest BCUT2D eigenvalue weighted by Crippen LogP contribution is 2.19.